The van der Waals surface area contributed by atoms with Crippen LogP contribution in [-0.2, 0) is 20.6 Å². The van der Waals surface area contributed by atoms with Gasteiger partial charge in [0.25, 0.3) is 5.91 Å². The monoisotopic (exact) mass is 449 g/mol. The molecule has 2 aromatic carbocycles. The summed E-state index contributed by atoms with van der Waals surface area (Å²) >= 11 is 7.30. The predicted molar refractivity (Wildman–Crippen MR) is 114 cm³/mol. The van der Waals surface area contributed by atoms with Crippen LogP contribution in [0.1, 0.15) is 10.4 Å². The Balaban J connectivity index is 1.58. The van der Waals surface area contributed by atoms with Crippen LogP contribution in [0.3, 0.4) is 0 Å². The third-order valence-electron chi connectivity index (χ3n) is 4.23. The fourth-order valence-electron chi connectivity index (χ4n) is 2.93. The van der Waals surface area contributed by atoms with Crippen LogP contribution >= 0.6 is 22.9 Å². The first kappa shape index (κ1) is 19.7. The summed E-state index contributed by atoms with van der Waals surface area (Å²) in [5, 5.41) is 3.42. The number of aromatic nitrogens is 1. The number of carbonyl (C=O) groups excluding carboxylic acids is 1. The van der Waals surface area contributed by atoms with Crippen molar-refractivity contribution in [1.29, 1.82) is 0 Å². The third kappa shape index (κ3) is 4.36. The van der Waals surface area contributed by atoms with Gasteiger partial charge >= 0.3 is 0 Å². The number of fused-ring (bicyclic) bond motifs is 1. The van der Waals surface area contributed by atoms with Gasteiger partial charge in [0, 0.05) is 15.5 Å². The van der Waals surface area contributed by atoms with Crippen LogP contribution in [0.15, 0.2) is 42.5 Å². The lowest BCUT2D eigenvalue weighted by atomic mass is 10.1. The molecule has 0 aliphatic carbocycles. The number of anilines is 2. The minimum Gasteiger partial charge on any atom is -0.482 e. The number of sulfonamides is 1. The highest BCUT2D eigenvalue weighted by atomic mass is 35.5. The lowest BCUT2D eigenvalue weighted by Crippen LogP contribution is -2.25. The van der Waals surface area contributed by atoms with Gasteiger partial charge in [-0.25, -0.2) is 13.4 Å². The molecule has 0 unspecified atom stereocenters. The van der Waals surface area contributed by atoms with Crippen LogP contribution in [0.25, 0.3) is 11.3 Å². The van der Waals surface area contributed by atoms with Crippen LogP contribution in [0, 0.1) is 6.92 Å². The minimum absolute atomic E-state index is 0.0145. The summed E-state index contributed by atoms with van der Waals surface area (Å²) in [7, 11) is -3.68. The average molecular weight is 450 g/mol. The van der Waals surface area contributed by atoms with Gasteiger partial charge in [0.2, 0.25) is 10.0 Å². The van der Waals surface area contributed by atoms with Crippen LogP contribution in [-0.4, -0.2) is 25.9 Å². The molecule has 1 aliphatic heterocycles. The summed E-state index contributed by atoms with van der Waals surface area (Å²) in [5.74, 6) is 0.114. The molecule has 1 aliphatic rings. The maximum Gasteiger partial charge on any atom is 0.262 e. The first-order valence-electron chi connectivity index (χ1n) is 8.59. The molecular weight excluding hydrogens is 434 g/mol. The van der Waals surface area contributed by atoms with Crippen molar-refractivity contribution >= 4 is 49.7 Å². The Morgan fingerprint density at radius 1 is 1.28 bits per heavy atom. The summed E-state index contributed by atoms with van der Waals surface area (Å²) < 4.78 is 33.0. The molecule has 1 aromatic heterocycles. The third-order valence-corrected chi connectivity index (χ3v) is 6.81. The summed E-state index contributed by atoms with van der Waals surface area (Å²) in [5.41, 5.74) is 2.46. The second-order valence-electron chi connectivity index (χ2n) is 6.42. The SMILES string of the molecule is Cc1sc(NS(=O)(=O)Cc2ccccc2Cl)nc1-c1ccc2c(c1)NC(=O)CO2. The van der Waals surface area contributed by atoms with Crippen molar-refractivity contribution in [2.75, 3.05) is 16.6 Å². The first-order valence-corrected chi connectivity index (χ1v) is 11.4. The number of nitrogens with one attached hydrogen (secondary N) is 2. The van der Waals surface area contributed by atoms with Gasteiger partial charge in [0.05, 0.1) is 17.1 Å². The number of hydrogen-bond acceptors (Lipinski definition) is 6. The normalized spacial score (nSPS) is 13.4. The first-order chi connectivity index (χ1) is 13.8. The van der Waals surface area contributed by atoms with E-state index >= 15 is 0 Å². The van der Waals surface area contributed by atoms with E-state index in [2.05, 4.69) is 15.0 Å². The second kappa shape index (κ2) is 7.66. The summed E-state index contributed by atoms with van der Waals surface area (Å²) in [6, 6.07) is 12.1. The van der Waals surface area contributed by atoms with Crippen LogP contribution in [0.5, 0.6) is 5.75 Å². The maximum atomic E-state index is 12.5. The fourth-order valence-corrected chi connectivity index (χ4v) is 5.49. The molecule has 150 valence electrons. The van der Waals surface area contributed by atoms with Crippen molar-refractivity contribution in [2.24, 2.45) is 0 Å². The molecule has 7 nitrogen and oxygen atoms in total. The number of nitrogens with zero attached hydrogens (tertiary/aromatic N) is 1. The van der Waals surface area contributed by atoms with Crippen LogP contribution in [0.4, 0.5) is 10.8 Å². The molecule has 0 saturated carbocycles. The van der Waals surface area contributed by atoms with Crippen LogP contribution < -0.4 is 14.8 Å². The van der Waals surface area contributed by atoms with Crippen molar-refractivity contribution in [2.45, 2.75) is 12.7 Å². The molecule has 0 fully saturated rings. The molecule has 2 N–H and O–H groups in total. The molecule has 10 heteroatoms. The minimum atomic E-state index is -3.68. The number of hydrogen-bond donors (Lipinski definition) is 2. The molecule has 0 saturated heterocycles. The van der Waals surface area contributed by atoms with E-state index in [9.17, 15) is 13.2 Å². The Labute approximate surface area is 176 Å². The second-order valence-corrected chi connectivity index (χ2v) is 9.76. The van der Waals surface area contributed by atoms with E-state index in [0.717, 1.165) is 10.4 Å². The molecule has 3 aromatic rings. The number of thiazole rings is 1. The van der Waals surface area contributed by atoms with Gasteiger partial charge in [-0.2, -0.15) is 0 Å². The van der Waals surface area contributed by atoms with Gasteiger partial charge in [-0.3, -0.25) is 9.52 Å². The van der Waals surface area contributed by atoms with E-state index in [1.54, 1.807) is 36.4 Å². The van der Waals surface area contributed by atoms with Crippen molar-refractivity contribution in [3.8, 4) is 17.0 Å². The highest BCUT2D eigenvalue weighted by molar-refractivity contribution is 7.92. The van der Waals surface area contributed by atoms with E-state index in [4.69, 9.17) is 16.3 Å². The summed E-state index contributed by atoms with van der Waals surface area (Å²) in [6.45, 7) is 1.84. The van der Waals surface area contributed by atoms with E-state index in [0.29, 0.717) is 27.7 Å². The van der Waals surface area contributed by atoms with Crippen molar-refractivity contribution in [3.05, 3.63) is 57.9 Å². The van der Waals surface area contributed by atoms with E-state index < -0.39 is 10.0 Å². The quantitative estimate of drug-likeness (QED) is 0.612. The zero-order chi connectivity index (χ0) is 20.6. The number of ether oxygens (including phenoxy) is 1. The van der Waals surface area contributed by atoms with Crippen molar-refractivity contribution < 1.29 is 17.9 Å². The summed E-state index contributed by atoms with van der Waals surface area (Å²) in [6.07, 6.45) is 0. The van der Waals surface area contributed by atoms with Gasteiger partial charge in [-0.15, -0.1) is 11.3 Å². The Morgan fingerprint density at radius 2 is 2.07 bits per heavy atom. The lowest BCUT2D eigenvalue weighted by molar-refractivity contribution is -0.118. The average Bonchev–Trinajstić information content (AvgIpc) is 3.02. The van der Waals surface area contributed by atoms with Crippen molar-refractivity contribution in [1.82, 2.24) is 4.98 Å². The molecule has 0 bridgehead atoms. The van der Waals surface area contributed by atoms with Gasteiger partial charge in [0.1, 0.15) is 5.75 Å². The molecule has 29 heavy (non-hydrogen) atoms. The molecule has 0 radical (unpaired) electrons. The predicted octanol–water partition coefficient (Wildman–Crippen LogP) is 4.04. The molecular formula is C19H16ClN3O4S2. The number of halogens is 1. The highest BCUT2D eigenvalue weighted by Crippen LogP contribution is 2.36. The van der Waals surface area contributed by atoms with E-state index in [1.165, 1.54) is 11.3 Å². The van der Waals surface area contributed by atoms with Gasteiger partial charge in [-0.1, -0.05) is 29.8 Å². The number of rotatable bonds is 5. The largest absolute Gasteiger partial charge is 0.482 e. The van der Waals surface area contributed by atoms with E-state index in [1.807, 2.05) is 13.0 Å². The molecule has 2 heterocycles. The van der Waals surface area contributed by atoms with Gasteiger partial charge < -0.3 is 10.1 Å². The van der Waals surface area contributed by atoms with Gasteiger partial charge in [-0.05, 0) is 36.8 Å². The number of carbonyl (C=O) groups is 1. The Kier molecular flexibility index (Phi) is 5.20. The zero-order valence-electron chi connectivity index (χ0n) is 15.2. The molecule has 1 amide bonds. The van der Waals surface area contributed by atoms with Gasteiger partial charge in [0.15, 0.2) is 11.7 Å². The Hall–Kier alpha value is -2.62. The molecule has 0 spiro atoms. The maximum absolute atomic E-state index is 12.5. The lowest BCUT2D eigenvalue weighted by Gasteiger charge is -2.18. The van der Waals surface area contributed by atoms with Crippen LogP contribution in [0.2, 0.25) is 5.02 Å². The topological polar surface area (TPSA) is 97.4 Å². The van der Waals surface area contributed by atoms with E-state index in [-0.39, 0.29) is 23.4 Å². The molecule has 4 rings (SSSR count). The number of benzene rings is 2. The fraction of sp³-hybridized carbons (Fsp3) is 0.158. The zero-order valence-corrected chi connectivity index (χ0v) is 17.6. The Bertz CT molecular complexity index is 1210. The highest BCUT2D eigenvalue weighted by Gasteiger charge is 2.20. The Morgan fingerprint density at radius 3 is 2.86 bits per heavy atom. The molecule has 0 atom stereocenters. The van der Waals surface area contributed by atoms with Crippen molar-refractivity contribution in [3.63, 3.8) is 0 Å². The number of aryl methyl sites for hydroxylation is 1. The summed E-state index contributed by atoms with van der Waals surface area (Å²) in [4.78, 5) is 16.8. The standard InChI is InChI=1S/C19H16ClN3O4S2/c1-11-18(12-6-7-16-15(8-12)21-17(24)9-27-16)22-19(28-11)23-29(25,26)10-13-4-2-3-5-14(13)20/h2-8H,9-10H2,1H3,(H,21,24)(H,22,23). The smallest absolute Gasteiger partial charge is 0.262 e. The number of amides is 1.